The highest BCUT2D eigenvalue weighted by atomic mass is 16.5. The SMILES string of the molecule is C[C@@H]1CN(c2nnnn2-c2ccccc2)CCO1. The average molecular weight is 245 g/mol. The Morgan fingerprint density at radius 2 is 2.11 bits per heavy atom. The summed E-state index contributed by atoms with van der Waals surface area (Å²) in [7, 11) is 0. The molecular weight excluding hydrogens is 230 g/mol. The predicted octanol–water partition coefficient (Wildman–Crippen LogP) is 0.887. The van der Waals surface area contributed by atoms with E-state index in [4.69, 9.17) is 4.74 Å². The molecule has 1 aromatic carbocycles. The van der Waals surface area contributed by atoms with E-state index in [1.165, 1.54) is 0 Å². The van der Waals surface area contributed by atoms with Crippen LogP contribution in [0.15, 0.2) is 30.3 Å². The first-order valence-electron chi connectivity index (χ1n) is 6.05. The van der Waals surface area contributed by atoms with Gasteiger partial charge in [0.25, 0.3) is 5.95 Å². The number of hydrogen-bond donors (Lipinski definition) is 0. The summed E-state index contributed by atoms with van der Waals surface area (Å²) in [4.78, 5) is 2.15. The van der Waals surface area contributed by atoms with Crippen LogP contribution in [0.3, 0.4) is 0 Å². The Morgan fingerprint density at radius 1 is 1.28 bits per heavy atom. The number of benzene rings is 1. The zero-order chi connectivity index (χ0) is 12.4. The van der Waals surface area contributed by atoms with E-state index < -0.39 is 0 Å². The third-order valence-electron chi connectivity index (χ3n) is 2.98. The van der Waals surface area contributed by atoms with Gasteiger partial charge >= 0.3 is 0 Å². The van der Waals surface area contributed by atoms with Crippen LogP contribution in [-0.4, -0.2) is 46.0 Å². The lowest BCUT2D eigenvalue weighted by molar-refractivity contribution is 0.0525. The maximum absolute atomic E-state index is 5.53. The number of morpholine rings is 1. The standard InChI is InChI=1S/C12H15N5O/c1-10-9-16(7-8-18-10)12-13-14-15-17(12)11-5-3-2-4-6-11/h2-6,10H,7-9H2,1H3/t10-/m1/s1. The number of ether oxygens (including phenoxy) is 1. The average Bonchev–Trinajstić information content (AvgIpc) is 2.89. The second-order valence-electron chi connectivity index (χ2n) is 4.35. The molecule has 0 unspecified atom stereocenters. The van der Waals surface area contributed by atoms with Crippen LogP contribution in [0.4, 0.5) is 5.95 Å². The molecule has 1 atom stereocenters. The normalized spacial score (nSPS) is 20.1. The van der Waals surface area contributed by atoms with Crippen LogP contribution in [0.25, 0.3) is 5.69 Å². The molecule has 1 aliphatic heterocycles. The van der Waals surface area contributed by atoms with E-state index in [2.05, 4.69) is 27.3 Å². The van der Waals surface area contributed by atoms with Crippen molar-refractivity contribution in [3.05, 3.63) is 30.3 Å². The molecule has 1 aromatic heterocycles. The van der Waals surface area contributed by atoms with Gasteiger partial charge in [-0.3, -0.25) is 0 Å². The molecule has 0 bridgehead atoms. The number of aromatic nitrogens is 4. The molecule has 0 spiro atoms. The molecule has 18 heavy (non-hydrogen) atoms. The van der Waals surface area contributed by atoms with Gasteiger partial charge < -0.3 is 9.64 Å². The molecule has 2 aromatic rings. The molecule has 1 fully saturated rings. The van der Waals surface area contributed by atoms with Gasteiger partial charge in [0.1, 0.15) is 0 Å². The Hall–Kier alpha value is -1.95. The number of hydrogen-bond acceptors (Lipinski definition) is 5. The Bertz CT molecular complexity index is 512. The minimum Gasteiger partial charge on any atom is -0.375 e. The van der Waals surface area contributed by atoms with Crippen LogP contribution in [-0.2, 0) is 4.74 Å². The highest BCUT2D eigenvalue weighted by Gasteiger charge is 2.22. The Balaban J connectivity index is 1.92. The van der Waals surface area contributed by atoms with Crippen molar-refractivity contribution >= 4 is 5.95 Å². The van der Waals surface area contributed by atoms with Crippen molar-refractivity contribution in [1.29, 1.82) is 0 Å². The summed E-state index contributed by atoms with van der Waals surface area (Å²) in [5.74, 6) is 0.774. The molecule has 2 heterocycles. The lowest BCUT2D eigenvalue weighted by atomic mass is 10.3. The van der Waals surface area contributed by atoms with Crippen molar-refractivity contribution in [1.82, 2.24) is 20.2 Å². The van der Waals surface area contributed by atoms with Crippen LogP contribution < -0.4 is 4.90 Å². The summed E-state index contributed by atoms with van der Waals surface area (Å²) in [6.07, 6.45) is 0.208. The summed E-state index contributed by atoms with van der Waals surface area (Å²) >= 11 is 0. The third kappa shape index (κ3) is 2.06. The van der Waals surface area contributed by atoms with Gasteiger partial charge in [-0.1, -0.05) is 23.3 Å². The molecule has 1 saturated heterocycles. The Morgan fingerprint density at radius 3 is 2.89 bits per heavy atom. The van der Waals surface area contributed by atoms with Gasteiger partial charge in [-0.2, -0.15) is 4.68 Å². The van der Waals surface area contributed by atoms with Crippen LogP contribution in [0.5, 0.6) is 0 Å². The second-order valence-corrected chi connectivity index (χ2v) is 4.35. The van der Waals surface area contributed by atoms with Crippen LogP contribution in [0, 0.1) is 0 Å². The molecule has 6 heteroatoms. The molecule has 3 rings (SSSR count). The molecule has 0 saturated carbocycles. The summed E-state index contributed by atoms with van der Waals surface area (Å²) in [6, 6.07) is 9.91. The van der Waals surface area contributed by atoms with Gasteiger partial charge in [-0.05, 0) is 29.5 Å². The first kappa shape index (κ1) is 11.2. The van der Waals surface area contributed by atoms with Crippen molar-refractivity contribution in [2.75, 3.05) is 24.6 Å². The number of anilines is 1. The zero-order valence-corrected chi connectivity index (χ0v) is 10.2. The van der Waals surface area contributed by atoms with Gasteiger partial charge in [-0.15, -0.1) is 0 Å². The van der Waals surface area contributed by atoms with E-state index in [1.807, 2.05) is 30.3 Å². The molecular formula is C12H15N5O. The zero-order valence-electron chi connectivity index (χ0n) is 10.2. The fraction of sp³-hybridized carbons (Fsp3) is 0.417. The smallest absolute Gasteiger partial charge is 0.250 e. The number of nitrogens with zero attached hydrogens (tertiary/aromatic N) is 5. The van der Waals surface area contributed by atoms with Crippen molar-refractivity contribution < 1.29 is 4.74 Å². The summed E-state index contributed by atoms with van der Waals surface area (Å²) in [6.45, 7) is 4.40. The number of para-hydroxylation sites is 1. The van der Waals surface area contributed by atoms with E-state index in [0.29, 0.717) is 6.61 Å². The number of rotatable bonds is 2. The predicted molar refractivity (Wildman–Crippen MR) is 66.8 cm³/mol. The lowest BCUT2D eigenvalue weighted by Gasteiger charge is -2.31. The van der Waals surface area contributed by atoms with Gasteiger partial charge in [0.15, 0.2) is 0 Å². The third-order valence-corrected chi connectivity index (χ3v) is 2.98. The minimum absolute atomic E-state index is 0.208. The van der Waals surface area contributed by atoms with Crippen molar-refractivity contribution in [2.45, 2.75) is 13.0 Å². The quantitative estimate of drug-likeness (QED) is 0.786. The monoisotopic (exact) mass is 245 g/mol. The summed E-state index contributed by atoms with van der Waals surface area (Å²) in [5.41, 5.74) is 0.969. The van der Waals surface area contributed by atoms with Crippen LogP contribution in [0.1, 0.15) is 6.92 Å². The largest absolute Gasteiger partial charge is 0.375 e. The highest BCUT2D eigenvalue weighted by Crippen LogP contribution is 2.17. The first-order chi connectivity index (χ1) is 8.84. The van der Waals surface area contributed by atoms with Gasteiger partial charge in [0, 0.05) is 13.1 Å². The van der Waals surface area contributed by atoms with E-state index >= 15 is 0 Å². The summed E-state index contributed by atoms with van der Waals surface area (Å²) in [5, 5.41) is 12.0. The second kappa shape index (κ2) is 4.73. The van der Waals surface area contributed by atoms with E-state index in [1.54, 1.807) is 4.68 Å². The highest BCUT2D eigenvalue weighted by molar-refractivity contribution is 5.40. The Labute approximate surface area is 105 Å². The molecule has 94 valence electrons. The van der Waals surface area contributed by atoms with Gasteiger partial charge in [0.2, 0.25) is 0 Å². The van der Waals surface area contributed by atoms with Crippen molar-refractivity contribution in [3.8, 4) is 5.69 Å². The van der Waals surface area contributed by atoms with E-state index in [9.17, 15) is 0 Å². The lowest BCUT2D eigenvalue weighted by Crippen LogP contribution is -2.42. The first-order valence-corrected chi connectivity index (χ1v) is 6.05. The molecule has 0 amide bonds. The molecule has 6 nitrogen and oxygen atoms in total. The molecule has 0 N–H and O–H groups in total. The van der Waals surface area contributed by atoms with E-state index in [-0.39, 0.29) is 6.10 Å². The van der Waals surface area contributed by atoms with Crippen molar-refractivity contribution in [2.24, 2.45) is 0 Å². The Kier molecular flexibility index (Phi) is 2.93. The topological polar surface area (TPSA) is 56.1 Å². The van der Waals surface area contributed by atoms with Gasteiger partial charge in [0.05, 0.1) is 18.4 Å². The van der Waals surface area contributed by atoms with E-state index in [0.717, 1.165) is 24.7 Å². The number of tetrazole rings is 1. The van der Waals surface area contributed by atoms with Gasteiger partial charge in [-0.25, -0.2) is 0 Å². The maximum atomic E-state index is 5.53. The maximum Gasteiger partial charge on any atom is 0.250 e. The van der Waals surface area contributed by atoms with Crippen LogP contribution >= 0.6 is 0 Å². The molecule has 1 aliphatic rings. The van der Waals surface area contributed by atoms with Crippen molar-refractivity contribution in [3.63, 3.8) is 0 Å². The molecule has 0 radical (unpaired) electrons. The summed E-state index contributed by atoms with van der Waals surface area (Å²) < 4.78 is 7.29. The minimum atomic E-state index is 0.208. The molecule has 0 aliphatic carbocycles. The fourth-order valence-corrected chi connectivity index (χ4v) is 2.12. The van der Waals surface area contributed by atoms with Crippen LogP contribution in [0.2, 0.25) is 0 Å². The fourth-order valence-electron chi connectivity index (χ4n) is 2.12.